The molecule has 0 aliphatic carbocycles. The lowest BCUT2D eigenvalue weighted by atomic mass is 10.2. The Labute approximate surface area is 91.4 Å². The maximum absolute atomic E-state index is 11.0. The molecule has 0 radical (unpaired) electrons. The van der Waals surface area contributed by atoms with Crippen molar-refractivity contribution in [2.75, 3.05) is 13.8 Å². The number of esters is 1. The van der Waals surface area contributed by atoms with E-state index in [-0.39, 0.29) is 10.9 Å². The van der Waals surface area contributed by atoms with Crippen molar-refractivity contribution < 1.29 is 14.6 Å². The Morgan fingerprint density at radius 2 is 2.40 bits per heavy atom. The van der Waals surface area contributed by atoms with Crippen LogP contribution in [0.5, 0.6) is 0 Å². The fourth-order valence-electron chi connectivity index (χ4n) is 0.895. The largest absolute Gasteiger partial charge is 0.464 e. The van der Waals surface area contributed by atoms with Crippen LogP contribution < -0.4 is 0 Å². The van der Waals surface area contributed by atoms with Crippen molar-refractivity contribution in [1.29, 1.82) is 0 Å². The average Bonchev–Trinajstić information content (AvgIpc) is 2.28. The highest BCUT2D eigenvalue weighted by molar-refractivity contribution is 6.69. The van der Waals surface area contributed by atoms with Crippen LogP contribution in [0.15, 0.2) is 23.3 Å². The Kier molecular flexibility index (Phi) is 4.20. The van der Waals surface area contributed by atoms with Gasteiger partial charge in [0.25, 0.3) is 0 Å². The number of halogens is 1. The fourth-order valence-corrected chi connectivity index (χ4v) is 1.06. The van der Waals surface area contributed by atoms with E-state index < -0.39 is 12.7 Å². The van der Waals surface area contributed by atoms with Crippen LogP contribution in [0.1, 0.15) is 16.1 Å². The highest BCUT2D eigenvalue weighted by Gasteiger charge is 2.07. The first kappa shape index (κ1) is 11.6. The van der Waals surface area contributed by atoms with E-state index in [1.807, 2.05) is 0 Å². The molecule has 1 rings (SSSR count). The van der Waals surface area contributed by atoms with Gasteiger partial charge in [-0.25, -0.2) is 14.8 Å². The Hall–Kier alpha value is -1.46. The Balaban J connectivity index is 2.90. The standard InChI is InChI=1S/C9H9ClN2O3/c1-15-9(14)7-3-2-6(4-11-7)8(10)12-5-13/h2-4,13H,5H2,1H3/b12-8-. The van der Waals surface area contributed by atoms with Crippen molar-refractivity contribution in [3.8, 4) is 0 Å². The quantitative estimate of drug-likeness (QED) is 0.614. The van der Waals surface area contributed by atoms with E-state index in [1.165, 1.54) is 19.4 Å². The van der Waals surface area contributed by atoms with Gasteiger partial charge in [-0.15, -0.1) is 0 Å². The van der Waals surface area contributed by atoms with Crippen LogP contribution in [0.3, 0.4) is 0 Å². The lowest BCUT2D eigenvalue weighted by Gasteiger charge is -2.00. The number of ether oxygens (including phenoxy) is 1. The summed E-state index contributed by atoms with van der Waals surface area (Å²) >= 11 is 5.71. The molecule has 0 aliphatic heterocycles. The number of hydrogen-bond donors (Lipinski definition) is 1. The second kappa shape index (κ2) is 5.43. The van der Waals surface area contributed by atoms with Gasteiger partial charge in [0.2, 0.25) is 0 Å². The number of nitrogens with zero attached hydrogens (tertiary/aromatic N) is 2. The van der Waals surface area contributed by atoms with Crippen molar-refractivity contribution >= 4 is 22.7 Å². The fraction of sp³-hybridized carbons (Fsp3) is 0.222. The summed E-state index contributed by atoms with van der Waals surface area (Å²) in [5.41, 5.74) is 0.716. The molecular weight excluding hydrogens is 220 g/mol. The van der Waals surface area contributed by atoms with Gasteiger partial charge in [0.05, 0.1) is 7.11 Å². The van der Waals surface area contributed by atoms with Crippen LogP contribution in [0.2, 0.25) is 0 Å². The van der Waals surface area contributed by atoms with E-state index >= 15 is 0 Å². The molecule has 1 aromatic rings. The molecule has 6 heteroatoms. The third kappa shape index (κ3) is 3.00. The molecule has 0 amide bonds. The molecule has 5 nitrogen and oxygen atoms in total. The summed E-state index contributed by atoms with van der Waals surface area (Å²) in [6.45, 7) is -0.391. The molecule has 1 N–H and O–H groups in total. The van der Waals surface area contributed by atoms with Crippen molar-refractivity contribution in [3.05, 3.63) is 29.6 Å². The summed E-state index contributed by atoms with van der Waals surface area (Å²) in [5, 5.41) is 8.65. The number of methoxy groups -OCH3 is 1. The molecular formula is C9H9ClN2O3. The predicted octanol–water partition coefficient (Wildman–Crippen LogP) is 0.803. The summed E-state index contributed by atoms with van der Waals surface area (Å²) in [6, 6.07) is 3.04. The zero-order valence-electron chi connectivity index (χ0n) is 7.98. The molecule has 0 bridgehead atoms. The van der Waals surface area contributed by atoms with Crippen LogP contribution in [-0.4, -0.2) is 35.1 Å². The number of aliphatic hydroxyl groups is 1. The second-order valence-corrected chi connectivity index (χ2v) is 2.87. The first-order valence-electron chi connectivity index (χ1n) is 4.04. The van der Waals surface area contributed by atoms with Crippen molar-refractivity contribution in [1.82, 2.24) is 4.98 Å². The van der Waals surface area contributed by atoms with Crippen LogP contribution >= 0.6 is 11.6 Å². The van der Waals surface area contributed by atoms with E-state index in [0.29, 0.717) is 5.56 Å². The minimum absolute atomic E-state index is 0.140. The summed E-state index contributed by atoms with van der Waals surface area (Å²) in [4.78, 5) is 18.4. The van der Waals surface area contributed by atoms with Gasteiger partial charge in [0.15, 0.2) is 0 Å². The second-order valence-electron chi connectivity index (χ2n) is 2.51. The summed E-state index contributed by atoms with van der Waals surface area (Å²) < 4.78 is 4.48. The first-order valence-corrected chi connectivity index (χ1v) is 4.42. The number of hydrogen-bond acceptors (Lipinski definition) is 5. The van der Waals surface area contributed by atoms with Crippen LogP contribution in [-0.2, 0) is 4.74 Å². The van der Waals surface area contributed by atoms with Crippen molar-refractivity contribution in [3.63, 3.8) is 0 Å². The minimum Gasteiger partial charge on any atom is -0.464 e. The number of aliphatic hydroxyl groups excluding tert-OH is 1. The van der Waals surface area contributed by atoms with Crippen LogP contribution in [0.25, 0.3) is 0 Å². The number of rotatable bonds is 3. The molecule has 0 saturated carbocycles. The monoisotopic (exact) mass is 228 g/mol. The van der Waals surface area contributed by atoms with E-state index in [0.717, 1.165) is 0 Å². The van der Waals surface area contributed by atoms with E-state index in [9.17, 15) is 4.79 Å². The Bertz CT molecular complexity index is 375. The molecule has 0 aromatic carbocycles. The zero-order chi connectivity index (χ0) is 11.3. The smallest absolute Gasteiger partial charge is 0.356 e. The number of aliphatic imine (C=N–C) groups is 1. The molecule has 1 heterocycles. The van der Waals surface area contributed by atoms with Crippen molar-refractivity contribution in [2.24, 2.45) is 4.99 Å². The van der Waals surface area contributed by atoms with Gasteiger partial charge in [-0.1, -0.05) is 11.6 Å². The van der Waals surface area contributed by atoms with Gasteiger partial charge in [-0.2, -0.15) is 0 Å². The number of aromatic nitrogens is 1. The minimum atomic E-state index is -0.517. The van der Waals surface area contributed by atoms with Gasteiger partial charge < -0.3 is 9.84 Å². The Morgan fingerprint density at radius 1 is 1.67 bits per heavy atom. The molecule has 80 valence electrons. The molecule has 0 saturated heterocycles. The van der Waals surface area contributed by atoms with Gasteiger partial charge in [-0.05, 0) is 12.1 Å². The summed E-state index contributed by atoms with van der Waals surface area (Å²) in [7, 11) is 1.28. The number of carbonyl (C=O) groups is 1. The van der Waals surface area contributed by atoms with Crippen LogP contribution in [0, 0.1) is 0 Å². The maximum atomic E-state index is 11.0. The third-order valence-electron chi connectivity index (χ3n) is 1.61. The van der Waals surface area contributed by atoms with Gasteiger partial charge in [0, 0.05) is 11.8 Å². The molecule has 0 atom stereocenters. The van der Waals surface area contributed by atoms with Gasteiger partial charge >= 0.3 is 5.97 Å². The molecule has 0 spiro atoms. The van der Waals surface area contributed by atoms with Crippen LogP contribution in [0.4, 0.5) is 0 Å². The Morgan fingerprint density at radius 3 is 2.87 bits per heavy atom. The summed E-state index contributed by atoms with van der Waals surface area (Å²) in [5.74, 6) is -0.517. The van der Waals surface area contributed by atoms with E-state index in [1.54, 1.807) is 6.07 Å². The average molecular weight is 229 g/mol. The van der Waals surface area contributed by atoms with Gasteiger partial charge in [-0.3, -0.25) is 0 Å². The maximum Gasteiger partial charge on any atom is 0.356 e. The lowest BCUT2D eigenvalue weighted by molar-refractivity contribution is 0.0594. The topological polar surface area (TPSA) is 71.8 Å². The van der Waals surface area contributed by atoms with Crippen molar-refractivity contribution in [2.45, 2.75) is 0 Å². The highest BCUT2D eigenvalue weighted by atomic mass is 35.5. The van der Waals surface area contributed by atoms with Gasteiger partial charge in [0.1, 0.15) is 17.6 Å². The third-order valence-corrected chi connectivity index (χ3v) is 1.94. The SMILES string of the molecule is COC(=O)c1ccc(/C(Cl)=N/CO)cn1. The lowest BCUT2D eigenvalue weighted by Crippen LogP contribution is -2.05. The predicted molar refractivity (Wildman–Crippen MR) is 55.1 cm³/mol. The first-order chi connectivity index (χ1) is 7.19. The van der Waals surface area contributed by atoms with E-state index in [2.05, 4.69) is 14.7 Å². The normalized spacial score (nSPS) is 11.3. The molecule has 1 aromatic heterocycles. The molecule has 15 heavy (non-hydrogen) atoms. The number of carbonyl (C=O) groups excluding carboxylic acids is 1. The molecule has 0 unspecified atom stereocenters. The zero-order valence-corrected chi connectivity index (χ0v) is 8.73. The highest BCUT2D eigenvalue weighted by Crippen LogP contribution is 2.06. The molecule has 0 aliphatic rings. The van der Waals surface area contributed by atoms with E-state index in [4.69, 9.17) is 16.7 Å². The summed E-state index contributed by atoms with van der Waals surface area (Å²) in [6.07, 6.45) is 1.38. The molecule has 0 fully saturated rings. The number of pyridine rings is 1.